The van der Waals surface area contributed by atoms with Gasteiger partial charge in [-0.3, -0.25) is 10.2 Å². The van der Waals surface area contributed by atoms with Crippen LogP contribution in [-0.4, -0.2) is 50.3 Å². The van der Waals surface area contributed by atoms with Crippen molar-refractivity contribution in [1.82, 2.24) is 15.8 Å². The highest BCUT2D eigenvalue weighted by molar-refractivity contribution is 5.82. The first-order chi connectivity index (χ1) is 8.27. The van der Waals surface area contributed by atoms with Crippen molar-refractivity contribution < 1.29 is 9.53 Å². The van der Waals surface area contributed by atoms with Crippen LogP contribution in [0.25, 0.3) is 0 Å². The fraction of sp³-hybridized carbons (Fsp3) is 0.917. The Balaban J connectivity index is 1.91. The van der Waals surface area contributed by atoms with Crippen molar-refractivity contribution >= 4 is 5.91 Å². The molecule has 2 fully saturated rings. The van der Waals surface area contributed by atoms with Gasteiger partial charge in [0.15, 0.2) is 0 Å². The number of nitrogens with zero attached hydrogens (tertiary/aromatic N) is 1. The molecule has 17 heavy (non-hydrogen) atoms. The normalized spacial score (nSPS) is 31.1. The second-order valence-electron chi connectivity index (χ2n) is 4.95. The molecule has 0 aliphatic carbocycles. The van der Waals surface area contributed by atoms with Crippen LogP contribution in [0.3, 0.4) is 0 Å². The average molecular weight is 241 g/mol. The van der Waals surface area contributed by atoms with E-state index in [1.165, 1.54) is 0 Å². The molecule has 0 saturated carbocycles. The van der Waals surface area contributed by atoms with E-state index in [1.807, 2.05) is 5.01 Å². The molecule has 0 aromatic heterocycles. The topological polar surface area (TPSA) is 53.6 Å². The van der Waals surface area contributed by atoms with Crippen molar-refractivity contribution in [3.8, 4) is 0 Å². The van der Waals surface area contributed by atoms with Crippen molar-refractivity contribution in [2.75, 3.05) is 39.4 Å². The third kappa shape index (κ3) is 2.97. The fourth-order valence-corrected chi connectivity index (χ4v) is 2.56. The van der Waals surface area contributed by atoms with Gasteiger partial charge >= 0.3 is 0 Å². The van der Waals surface area contributed by atoms with Crippen molar-refractivity contribution in [2.45, 2.75) is 26.2 Å². The Hall–Kier alpha value is -0.650. The summed E-state index contributed by atoms with van der Waals surface area (Å²) in [5.41, 5.74) is 2.84. The molecule has 2 saturated heterocycles. The highest BCUT2D eigenvalue weighted by atomic mass is 16.5. The predicted octanol–water partition coefficient (Wildman–Crippen LogP) is 0.130. The first-order valence-corrected chi connectivity index (χ1v) is 6.61. The number of hydrogen-bond acceptors (Lipinski definition) is 4. The highest BCUT2D eigenvalue weighted by Crippen LogP contribution is 2.30. The van der Waals surface area contributed by atoms with E-state index in [4.69, 9.17) is 4.74 Å². The minimum atomic E-state index is -0.212. The maximum Gasteiger partial charge on any atom is 0.241 e. The molecule has 1 amide bonds. The molecule has 2 aliphatic rings. The Bertz CT molecular complexity index is 258. The maximum atomic E-state index is 12.4. The van der Waals surface area contributed by atoms with E-state index in [1.54, 1.807) is 0 Å². The van der Waals surface area contributed by atoms with Gasteiger partial charge in [0.2, 0.25) is 5.91 Å². The molecule has 0 radical (unpaired) electrons. The number of carbonyl (C=O) groups excluding carboxylic acids is 1. The van der Waals surface area contributed by atoms with Crippen LogP contribution in [0.4, 0.5) is 0 Å². The van der Waals surface area contributed by atoms with Crippen LogP contribution in [0.5, 0.6) is 0 Å². The molecule has 1 atom stereocenters. The Morgan fingerprint density at radius 1 is 1.47 bits per heavy atom. The van der Waals surface area contributed by atoms with Gasteiger partial charge in [0.25, 0.3) is 0 Å². The SMILES string of the molecule is CCC1(C(=O)NN2CCOCC2)CCCNC1. The summed E-state index contributed by atoms with van der Waals surface area (Å²) < 4.78 is 5.27. The third-order valence-electron chi connectivity index (χ3n) is 3.90. The molecule has 2 rings (SSSR count). The van der Waals surface area contributed by atoms with Gasteiger partial charge in [0.1, 0.15) is 0 Å². The monoisotopic (exact) mass is 241 g/mol. The molecule has 5 heteroatoms. The van der Waals surface area contributed by atoms with E-state index in [2.05, 4.69) is 17.7 Å². The van der Waals surface area contributed by atoms with Crippen LogP contribution >= 0.6 is 0 Å². The third-order valence-corrected chi connectivity index (χ3v) is 3.90. The van der Waals surface area contributed by atoms with E-state index in [9.17, 15) is 4.79 Å². The minimum Gasteiger partial charge on any atom is -0.379 e. The standard InChI is InChI=1S/C12H23N3O2/c1-2-12(4-3-5-13-10-12)11(16)14-15-6-8-17-9-7-15/h13H,2-10H2,1H3,(H,14,16). The number of hydrogen-bond donors (Lipinski definition) is 2. The molecular formula is C12H23N3O2. The Kier molecular flexibility index (Phi) is 4.36. The number of ether oxygens (including phenoxy) is 1. The second-order valence-corrected chi connectivity index (χ2v) is 4.95. The zero-order valence-corrected chi connectivity index (χ0v) is 10.6. The Labute approximate surface area is 103 Å². The van der Waals surface area contributed by atoms with Gasteiger partial charge in [0.05, 0.1) is 18.6 Å². The summed E-state index contributed by atoms with van der Waals surface area (Å²) >= 11 is 0. The molecule has 5 nitrogen and oxygen atoms in total. The molecular weight excluding hydrogens is 218 g/mol. The van der Waals surface area contributed by atoms with E-state index in [0.717, 1.165) is 45.4 Å². The van der Waals surface area contributed by atoms with Gasteiger partial charge in [-0.25, -0.2) is 5.01 Å². The van der Waals surface area contributed by atoms with Crippen molar-refractivity contribution in [2.24, 2.45) is 5.41 Å². The van der Waals surface area contributed by atoms with E-state index < -0.39 is 0 Å². The van der Waals surface area contributed by atoms with Crippen LogP contribution in [0, 0.1) is 5.41 Å². The Morgan fingerprint density at radius 3 is 2.82 bits per heavy atom. The van der Waals surface area contributed by atoms with Gasteiger partial charge in [-0.1, -0.05) is 6.92 Å². The summed E-state index contributed by atoms with van der Waals surface area (Å²) in [6.07, 6.45) is 2.98. The maximum absolute atomic E-state index is 12.4. The van der Waals surface area contributed by atoms with Crippen LogP contribution in [0.2, 0.25) is 0 Å². The lowest BCUT2D eigenvalue weighted by molar-refractivity contribution is -0.139. The minimum absolute atomic E-state index is 0.175. The van der Waals surface area contributed by atoms with Crippen molar-refractivity contribution in [1.29, 1.82) is 0 Å². The van der Waals surface area contributed by atoms with Crippen LogP contribution in [-0.2, 0) is 9.53 Å². The summed E-state index contributed by atoms with van der Waals surface area (Å²) in [7, 11) is 0. The first kappa shape index (κ1) is 12.8. The summed E-state index contributed by atoms with van der Waals surface area (Å²) in [6, 6.07) is 0. The summed E-state index contributed by atoms with van der Waals surface area (Å²) in [5, 5.41) is 5.32. The molecule has 2 N–H and O–H groups in total. The van der Waals surface area contributed by atoms with Crippen LogP contribution in [0.15, 0.2) is 0 Å². The predicted molar refractivity (Wildman–Crippen MR) is 65.4 cm³/mol. The van der Waals surface area contributed by atoms with Gasteiger partial charge < -0.3 is 10.1 Å². The molecule has 2 heterocycles. The summed E-state index contributed by atoms with van der Waals surface area (Å²) in [4.78, 5) is 12.4. The van der Waals surface area contributed by atoms with Crippen molar-refractivity contribution in [3.63, 3.8) is 0 Å². The zero-order chi connectivity index (χ0) is 12.1. The molecule has 1 unspecified atom stereocenters. The number of carbonyl (C=O) groups is 1. The van der Waals surface area contributed by atoms with Gasteiger partial charge in [-0.05, 0) is 25.8 Å². The van der Waals surface area contributed by atoms with Gasteiger partial charge in [-0.15, -0.1) is 0 Å². The van der Waals surface area contributed by atoms with E-state index in [0.29, 0.717) is 13.2 Å². The Morgan fingerprint density at radius 2 is 2.24 bits per heavy atom. The number of piperidine rings is 1. The second kappa shape index (κ2) is 5.80. The van der Waals surface area contributed by atoms with E-state index in [-0.39, 0.29) is 11.3 Å². The molecule has 0 spiro atoms. The summed E-state index contributed by atoms with van der Waals surface area (Å²) in [5.74, 6) is 0.175. The van der Waals surface area contributed by atoms with Crippen molar-refractivity contribution in [3.05, 3.63) is 0 Å². The molecule has 0 aromatic carbocycles. The lowest BCUT2D eigenvalue weighted by atomic mass is 9.77. The highest BCUT2D eigenvalue weighted by Gasteiger charge is 2.38. The van der Waals surface area contributed by atoms with Gasteiger partial charge in [-0.2, -0.15) is 0 Å². The van der Waals surface area contributed by atoms with Crippen LogP contribution in [0.1, 0.15) is 26.2 Å². The first-order valence-electron chi connectivity index (χ1n) is 6.61. The fourth-order valence-electron chi connectivity index (χ4n) is 2.56. The zero-order valence-electron chi connectivity index (χ0n) is 10.6. The van der Waals surface area contributed by atoms with Gasteiger partial charge in [0, 0.05) is 19.6 Å². The molecule has 0 aromatic rings. The molecule has 0 bridgehead atoms. The van der Waals surface area contributed by atoms with Crippen LogP contribution < -0.4 is 10.7 Å². The number of morpholine rings is 1. The number of rotatable bonds is 3. The average Bonchev–Trinajstić information content (AvgIpc) is 2.40. The smallest absolute Gasteiger partial charge is 0.241 e. The lowest BCUT2D eigenvalue weighted by Crippen LogP contribution is -2.56. The largest absolute Gasteiger partial charge is 0.379 e. The van der Waals surface area contributed by atoms with E-state index >= 15 is 0 Å². The number of hydrazine groups is 1. The summed E-state index contributed by atoms with van der Waals surface area (Å²) in [6.45, 7) is 6.94. The number of nitrogens with one attached hydrogen (secondary N) is 2. The lowest BCUT2D eigenvalue weighted by Gasteiger charge is -2.38. The molecule has 2 aliphatic heterocycles. The quantitative estimate of drug-likeness (QED) is 0.737. The molecule has 98 valence electrons. The number of amides is 1.